The molecule has 6 amide bonds. The molecule has 3 atom stereocenters. The number of amides is 6. The molecule has 362 valence electrons. The van der Waals surface area contributed by atoms with Crippen molar-refractivity contribution in [1.29, 1.82) is 0 Å². The van der Waals surface area contributed by atoms with Crippen LogP contribution < -0.4 is 15.5 Å². The highest BCUT2D eigenvalue weighted by Gasteiger charge is 2.47. The second-order valence-electron chi connectivity index (χ2n) is 17.7. The molecule has 21 nitrogen and oxygen atoms in total. The summed E-state index contributed by atoms with van der Waals surface area (Å²) in [6.45, 7) is 1.97. The number of anilines is 3. The van der Waals surface area contributed by atoms with Crippen LogP contribution >= 0.6 is 0 Å². The quantitative estimate of drug-likeness (QED) is 0.114. The number of aromatic nitrogens is 5. The van der Waals surface area contributed by atoms with E-state index in [1.165, 1.54) is 41.8 Å². The van der Waals surface area contributed by atoms with E-state index in [1.54, 1.807) is 18.3 Å². The molecule has 0 radical (unpaired) electrons. The number of imide groups is 2. The van der Waals surface area contributed by atoms with Crippen molar-refractivity contribution in [1.82, 2.24) is 38.5 Å². The third-order valence-corrected chi connectivity index (χ3v) is 15.3. The second-order valence-corrected chi connectivity index (χ2v) is 19.8. The molecule has 1 aliphatic carbocycles. The summed E-state index contributed by atoms with van der Waals surface area (Å²) in [5.74, 6) is -3.71. The molecular formula is C44H51F2N11O10S. The number of morpholine rings is 1. The number of rotatable bonds is 17. The summed E-state index contributed by atoms with van der Waals surface area (Å²) in [6, 6.07) is 5.34. The summed E-state index contributed by atoms with van der Waals surface area (Å²) >= 11 is 0. The lowest BCUT2D eigenvalue weighted by Gasteiger charge is -2.32. The summed E-state index contributed by atoms with van der Waals surface area (Å²) in [7, 11) is -1.43. The summed E-state index contributed by atoms with van der Waals surface area (Å²) < 4.78 is 69.8. The van der Waals surface area contributed by atoms with Crippen LogP contribution in [0.15, 0.2) is 42.9 Å². The standard InChI is InChI=1S/C44H51F2N11O10S/c1-52-35(58)13-12-33(43(52)62)57-42(61)29-6-3-7-31(36(29)44(57)63)47-15-4-17-66-18-5-19-68(64,65)53(2)41(60)25-8-10-26(11-9-25)56-23-32(37(51-56)38(45)46)49-40(59)30-21-48-55-16-14-34(50-39(30)55)54-22-28-20-27(54)24-67-28/h3,6-7,14,16,21,23,25-28,33,38,47H,4-5,8-13,15,17-20,22,24H2,1-2H3,(H,49,59)/t25?,26?,27-,28-,33?/m1/s1. The van der Waals surface area contributed by atoms with E-state index in [1.807, 2.05) is 6.07 Å². The van der Waals surface area contributed by atoms with Gasteiger partial charge in [-0.05, 0) is 69.6 Å². The molecule has 3 aromatic heterocycles. The molecule has 68 heavy (non-hydrogen) atoms. The van der Waals surface area contributed by atoms with E-state index in [2.05, 4.69) is 30.7 Å². The normalized spacial score (nSPS) is 22.8. The van der Waals surface area contributed by atoms with Crippen molar-refractivity contribution in [3.05, 3.63) is 65.2 Å². The summed E-state index contributed by atoms with van der Waals surface area (Å²) in [5.41, 5.74) is 0.317. The molecule has 24 heteroatoms. The Labute approximate surface area is 389 Å². The van der Waals surface area contributed by atoms with Crippen molar-refractivity contribution in [2.45, 2.75) is 88.4 Å². The minimum atomic E-state index is -3.98. The zero-order chi connectivity index (χ0) is 48.0. The molecule has 2 N–H and O–H groups in total. The fourth-order valence-electron chi connectivity index (χ4n) is 9.73. The number of nitrogens with zero attached hydrogens (tertiary/aromatic N) is 9. The maximum Gasteiger partial charge on any atom is 0.284 e. The molecule has 2 bridgehead atoms. The van der Waals surface area contributed by atoms with Crippen LogP contribution in [0.25, 0.3) is 5.65 Å². The van der Waals surface area contributed by atoms with Crippen LogP contribution in [-0.4, -0.2) is 153 Å². The van der Waals surface area contributed by atoms with Crippen molar-refractivity contribution in [3.63, 3.8) is 0 Å². The van der Waals surface area contributed by atoms with Gasteiger partial charge >= 0.3 is 0 Å². The number of benzene rings is 1. The number of hydrogen-bond acceptors (Lipinski definition) is 15. The molecule has 1 unspecified atom stereocenters. The molecule has 9 rings (SSSR count). The number of halogens is 2. The van der Waals surface area contributed by atoms with E-state index in [-0.39, 0.29) is 90.3 Å². The smallest absolute Gasteiger partial charge is 0.284 e. The maximum atomic E-state index is 14.3. The molecule has 5 aliphatic rings. The van der Waals surface area contributed by atoms with Gasteiger partial charge in [0.1, 0.15) is 17.4 Å². The third kappa shape index (κ3) is 8.91. The topological polar surface area (TPSA) is 240 Å². The predicted molar refractivity (Wildman–Crippen MR) is 237 cm³/mol. The lowest BCUT2D eigenvalue weighted by atomic mass is 9.85. The van der Waals surface area contributed by atoms with E-state index in [0.717, 1.165) is 20.5 Å². The number of likely N-dealkylation sites (tertiary alicyclic amines) is 1. The second kappa shape index (κ2) is 18.9. The number of likely N-dealkylation sites (N-methyl/N-ethyl adjacent to an activating group) is 1. The number of sulfonamides is 1. The van der Waals surface area contributed by atoms with E-state index in [0.29, 0.717) is 63.3 Å². The van der Waals surface area contributed by atoms with Crippen molar-refractivity contribution < 1.29 is 55.4 Å². The first-order chi connectivity index (χ1) is 32.6. The molecule has 7 heterocycles. The van der Waals surface area contributed by atoms with E-state index in [4.69, 9.17) is 9.47 Å². The van der Waals surface area contributed by atoms with Crippen LogP contribution in [0.5, 0.6) is 0 Å². The van der Waals surface area contributed by atoms with Gasteiger partial charge in [-0.1, -0.05) is 6.07 Å². The van der Waals surface area contributed by atoms with Crippen molar-refractivity contribution in [3.8, 4) is 0 Å². The van der Waals surface area contributed by atoms with Crippen LogP contribution in [-0.2, 0) is 33.9 Å². The average molecular weight is 964 g/mol. The highest BCUT2D eigenvalue weighted by molar-refractivity contribution is 7.89. The van der Waals surface area contributed by atoms with E-state index in [9.17, 15) is 46.0 Å². The number of alkyl halides is 2. The van der Waals surface area contributed by atoms with Crippen molar-refractivity contribution >= 4 is 68.3 Å². The minimum absolute atomic E-state index is 0.0372. The van der Waals surface area contributed by atoms with Gasteiger partial charge < -0.3 is 25.0 Å². The maximum absolute atomic E-state index is 14.3. The third-order valence-electron chi connectivity index (χ3n) is 13.5. The van der Waals surface area contributed by atoms with Crippen LogP contribution in [0, 0.1) is 5.92 Å². The average Bonchev–Trinajstić information content (AvgIpc) is 4.19. The zero-order valence-electron chi connectivity index (χ0n) is 37.4. The van der Waals surface area contributed by atoms with Crippen LogP contribution in [0.3, 0.4) is 0 Å². The van der Waals surface area contributed by atoms with Gasteiger partial charge in [0.25, 0.3) is 30.1 Å². The Balaban J connectivity index is 0.711. The molecule has 3 saturated heterocycles. The van der Waals surface area contributed by atoms with E-state index >= 15 is 0 Å². The van der Waals surface area contributed by atoms with E-state index < -0.39 is 63.6 Å². The van der Waals surface area contributed by atoms with Crippen LogP contribution in [0.1, 0.15) is 107 Å². The van der Waals surface area contributed by atoms with Gasteiger partial charge in [0.05, 0.1) is 53.6 Å². The minimum Gasteiger partial charge on any atom is -0.384 e. The number of hydrogen-bond donors (Lipinski definition) is 2. The highest BCUT2D eigenvalue weighted by Crippen LogP contribution is 2.37. The van der Waals surface area contributed by atoms with Gasteiger partial charge in [-0.25, -0.2) is 31.0 Å². The fourth-order valence-corrected chi connectivity index (χ4v) is 10.9. The molecule has 1 saturated carbocycles. The molecule has 0 spiro atoms. The van der Waals surface area contributed by atoms with Gasteiger partial charge in [-0.3, -0.25) is 43.2 Å². The first-order valence-electron chi connectivity index (χ1n) is 22.7. The van der Waals surface area contributed by atoms with Gasteiger partial charge in [-0.2, -0.15) is 10.2 Å². The molecular weight excluding hydrogens is 913 g/mol. The zero-order valence-corrected chi connectivity index (χ0v) is 38.2. The number of ether oxygens (including phenoxy) is 2. The number of carbonyl (C=O) groups is 6. The number of nitrogens with one attached hydrogen (secondary N) is 2. The number of fused-ring (bicyclic) bond motifs is 4. The Morgan fingerprint density at radius 2 is 1.78 bits per heavy atom. The SMILES string of the molecule is CN1C(=O)CCC(N2C(=O)c3cccc(NCCCOCCCS(=O)(=O)N(C)C(=O)C4CCC(n5cc(NC(=O)c6cnn7ccc(N8C[C@H]9C[C@@H]8CO9)nc67)c(C(F)F)n5)CC4)c3C2=O)C1=O. The first kappa shape index (κ1) is 46.7. The number of piperidine rings is 1. The monoisotopic (exact) mass is 963 g/mol. The van der Waals surface area contributed by atoms with Gasteiger partial charge in [-0.15, -0.1) is 0 Å². The molecule has 1 aromatic carbocycles. The predicted octanol–water partition coefficient (Wildman–Crippen LogP) is 3.27. The van der Waals surface area contributed by atoms with Crippen LogP contribution in [0.2, 0.25) is 0 Å². The molecule has 4 aliphatic heterocycles. The summed E-state index contributed by atoms with van der Waals surface area (Å²) in [5, 5.41) is 14.1. The summed E-state index contributed by atoms with van der Waals surface area (Å²) in [4.78, 5) is 87.0. The Morgan fingerprint density at radius 1 is 1.00 bits per heavy atom. The Kier molecular flexibility index (Phi) is 13.0. The van der Waals surface area contributed by atoms with Gasteiger partial charge in [0, 0.05) is 70.8 Å². The fraction of sp³-hybridized carbons (Fsp3) is 0.523. The lowest BCUT2D eigenvalue weighted by molar-refractivity contribution is -0.149. The Hall–Kier alpha value is -6.40. The van der Waals surface area contributed by atoms with Crippen LogP contribution in [0.4, 0.5) is 26.0 Å². The highest BCUT2D eigenvalue weighted by atomic mass is 32.2. The largest absolute Gasteiger partial charge is 0.384 e. The first-order valence-corrected chi connectivity index (χ1v) is 24.3. The molecule has 4 aromatic rings. The Morgan fingerprint density at radius 3 is 2.51 bits per heavy atom. The lowest BCUT2D eigenvalue weighted by Crippen LogP contribution is -2.54. The van der Waals surface area contributed by atoms with Crippen molar-refractivity contribution in [2.24, 2.45) is 5.92 Å². The van der Waals surface area contributed by atoms with Gasteiger partial charge in [0.2, 0.25) is 21.8 Å². The number of carbonyl (C=O) groups excluding carboxylic acids is 6. The molecule has 4 fully saturated rings. The summed E-state index contributed by atoms with van der Waals surface area (Å²) in [6.07, 6.45) is 4.39. The van der Waals surface area contributed by atoms with Gasteiger partial charge in [0.15, 0.2) is 11.3 Å². The Bertz CT molecular complexity index is 2780. The van der Waals surface area contributed by atoms with Crippen molar-refractivity contribution in [2.75, 3.05) is 68.3 Å².